The fourth-order valence-electron chi connectivity index (χ4n) is 1.99. The largest absolute Gasteiger partial charge is 0.444 e. The molecule has 0 aliphatic rings. The molecule has 1 amide bonds. The van der Waals surface area contributed by atoms with Crippen LogP contribution < -0.4 is 10.6 Å². The second-order valence-electron chi connectivity index (χ2n) is 6.34. The molecule has 2 N–H and O–H groups in total. The maximum Gasteiger partial charge on any atom is 0.412 e. The third-order valence-electron chi connectivity index (χ3n) is 3.13. The van der Waals surface area contributed by atoms with Crippen LogP contribution in [-0.2, 0) is 11.3 Å². The fourth-order valence-corrected chi connectivity index (χ4v) is 1.99. The Morgan fingerprint density at radius 3 is 2.52 bits per heavy atom. The summed E-state index contributed by atoms with van der Waals surface area (Å²) in [5.74, 6) is 0.753. The minimum absolute atomic E-state index is 0.486. The maximum absolute atomic E-state index is 11.7. The highest BCUT2D eigenvalue weighted by atomic mass is 16.6. The summed E-state index contributed by atoms with van der Waals surface area (Å²) in [6.07, 6.45) is 1.12. The number of rotatable bonds is 4. The van der Waals surface area contributed by atoms with Crippen LogP contribution in [0.5, 0.6) is 0 Å². The lowest BCUT2D eigenvalue weighted by Gasteiger charge is -2.19. The van der Waals surface area contributed by atoms with Crippen molar-refractivity contribution in [2.45, 2.75) is 39.8 Å². The Kier molecular flexibility index (Phi) is 5.21. The van der Waals surface area contributed by atoms with Crippen LogP contribution in [0.3, 0.4) is 0 Å². The lowest BCUT2D eigenvalue weighted by atomic mass is 10.1. The minimum atomic E-state index is -0.521. The molecule has 5 nitrogen and oxygen atoms in total. The zero-order valence-electron chi connectivity index (χ0n) is 14.0. The Morgan fingerprint density at radius 1 is 1.17 bits per heavy atom. The van der Waals surface area contributed by atoms with Crippen LogP contribution in [0.25, 0.3) is 0 Å². The van der Waals surface area contributed by atoms with E-state index in [-0.39, 0.29) is 0 Å². The van der Waals surface area contributed by atoms with Crippen LogP contribution in [0.2, 0.25) is 0 Å². The van der Waals surface area contributed by atoms with Gasteiger partial charge in [0.05, 0.1) is 11.9 Å². The van der Waals surface area contributed by atoms with Crippen molar-refractivity contribution < 1.29 is 9.53 Å². The van der Waals surface area contributed by atoms with Crippen molar-refractivity contribution in [3.8, 4) is 0 Å². The minimum Gasteiger partial charge on any atom is -0.444 e. The molecule has 0 aliphatic heterocycles. The lowest BCUT2D eigenvalue weighted by Crippen LogP contribution is -2.27. The summed E-state index contributed by atoms with van der Waals surface area (Å²) >= 11 is 0. The van der Waals surface area contributed by atoms with Crippen molar-refractivity contribution in [1.29, 1.82) is 0 Å². The topological polar surface area (TPSA) is 63.2 Å². The van der Waals surface area contributed by atoms with Crippen LogP contribution in [0.15, 0.2) is 42.6 Å². The molecule has 0 atom stereocenters. The zero-order valence-corrected chi connectivity index (χ0v) is 14.0. The van der Waals surface area contributed by atoms with Gasteiger partial charge in [-0.1, -0.05) is 24.3 Å². The molecule has 1 aromatic carbocycles. The average Bonchev–Trinajstić information content (AvgIpc) is 2.46. The van der Waals surface area contributed by atoms with Gasteiger partial charge in [0, 0.05) is 6.54 Å². The number of ether oxygens (including phenoxy) is 1. The third-order valence-corrected chi connectivity index (χ3v) is 3.13. The predicted octanol–water partition coefficient (Wildman–Crippen LogP) is 4.35. The summed E-state index contributed by atoms with van der Waals surface area (Å²) in [7, 11) is 0. The first-order chi connectivity index (χ1) is 10.8. The number of nitrogens with zero attached hydrogens (tertiary/aromatic N) is 1. The van der Waals surface area contributed by atoms with Gasteiger partial charge in [0.25, 0.3) is 0 Å². The Morgan fingerprint density at radius 2 is 1.91 bits per heavy atom. The van der Waals surface area contributed by atoms with Gasteiger partial charge in [-0.15, -0.1) is 0 Å². The van der Waals surface area contributed by atoms with Crippen molar-refractivity contribution in [1.82, 2.24) is 4.98 Å². The number of amides is 1. The van der Waals surface area contributed by atoms with E-state index in [1.165, 1.54) is 11.1 Å². The molecule has 1 aromatic heterocycles. The van der Waals surface area contributed by atoms with Gasteiger partial charge in [0.1, 0.15) is 11.4 Å². The molecule has 0 aliphatic carbocycles. The van der Waals surface area contributed by atoms with Crippen molar-refractivity contribution in [2.75, 3.05) is 10.6 Å². The normalized spacial score (nSPS) is 11.0. The van der Waals surface area contributed by atoms with Gasteiger partial charge in [-0.25, -0.2) is 9.78 Å². The number of carbonyl (C=O) groups is 1. The van der Waals surface area contributed by atoms with Gasteiger partial charge in [-0.3, -0.25) is 5.32 Å². The fraction of sp³-hybridized carbons (Fsp3) is 0.333. The number of anilines is 2. The molecular weight excluding hydrogens is 290 g/mol. The summed E-state index contributed by atoms with van der Waals surface area (Å²) in [6.45, 7) is 8.26. The van der Waals surface area contributed by atoms with Gasteiger partial charge >= 0.3 is 6.09 Å². The van der Waals surface area contributed by atoms with E-state index in [0.29, 0.717) is 12.2 Å². The van der Waals surface area contributed by atoms with Gasteiger partial charge in [0.2, 0.25) is 0 Å². The van der Waals surface area contributed by atoms with Gasteiger partial charge in [0.15, 0.2) is 0 Å². The second-order valence-corrected chi connectivity index (χ2v) is 6.34. The Hall–Kier alpha value is -2.56. The molecule has 122 valence electrons. The number of aromatic nitrogens is 1. The summed E-state index contributed by atoms with van der Waals surface area (Å²) < 4.78 is 5.20. The summed E-state index contributed by atoms with van der Waals surface area (Å²) in [6, 6.07) is 11.8. The molecule has 0 fully saturated rings. The standard InChI is InChI=1S/C18H23N3O2/c1-13-7-5-6-8-14(13)11-19-16-10-9-15(12-20-16)21-17(22)23-18(2,3)4/h5-10,12H,11H2,1-4H3,(H,19,20)(H,21,22). The number of nitrogens with one attached hydrogen (secondary N) is 2. The Bertz CT molecular complexity index is 661. The van der Waals surface area contributed by atoms with Crippen molar-refractivity contribution >= 4 is 17.6 Å². The van der Waals surface area contributed by atoms with Crippen LogP contribution in [-0.4, -0.2) is 16.7 Å². The van der Waals surface area contributed by atoms with Crippen LogP contribution in [0, 0.1) is 6.92 Å². The third kappa shape index (κ3) is 5.62. The van der Waals surface area contributed by atoms with Crippen LogP contribution >= 0.6 is 0 Å². The molecule has 0 unspecified atom stereocenters. The first-order valence-electron chi connectivity index (χ1n) is 7.58. The molecule has 23 heavy (non-hydrogen) atoms. The van der Waals surface area contributed by atoms with E-state index in [1.54, 1.807) is 12.3 Å². The van der Waals surface area contributed by atoms with Gasteiger partial charge in [-0.2, -0.15) is 0 Å². The maximum atomic E-state index is 11.7. The Balaban J connectivity index is 1.90. The first kappa shape index (κ1) is 16.8. The summed E-state index contributed by atoms with van der Waals surface area (Å²) in [4.78, 5) is 16.0. The molecule has 1 heterocycles. The number of carbonyl (C=O) groups excluding carboxylic acids is 1. The van der Waals surface area contributed by atoms with E-state index in [0.717, 1.165) is 5.82 Å². The molecule has 0 bridgehead atoms. The number of hydrogen-bond acceptors (Lipinski definition) is 4. The van der Waals surface area contributed by atoms with Crippen LogP contribution in [0.1, 0.15) is 31.9 Å². The average molecular weight is 313 g/mol. The zero-order chi connectivity index (χ0) is 16.9. The molecular formula is C18H23N3O2. The van der Waals surface area contributed by atoms with E-state index in [2.05, 4.69) is 34.7 Å². The molecule has 2 aromatic rings. The van der Waals surface area contributed by atoms with E-state index in [4.69, 9.17) is 4.74 Å². The molecule has 5 heteroatoms. The molecule has 0 radical (unpaired) electrons. The van der Waals surface area contributed by atoms with Crippen molar-refractivity contribution in [2.24, 2.45) is 0 Å². The molecule has 0 saturated carbocycles. The summed E-state index contributed by atoms with van der Waals surface area (Å²) in [5.41, 5.74) is 2.54. The van der Waals surface area contributed by atoms with Gasteiger partial charge in [-0.05, 0) is 51.0 Å². The van der Waals surface area contributed by atoms with Crippen molar-refractivity contribution in [3.63, 3.8) is 0 Å². The number of pyridine rings is 1. The van der Waals surface area contributed by atoms with E-state index in [1.807, 2.05) is 39.0 Å². The highest BCUT2D eigenvalue weighted by Gasteiger charge is 2.16. The highest BCUT2D eigenvalue weighted by Crippen LogP contribution is 2.14. The van der Waals surface area contributed by atoms with Crippen molar-refractivity contribution in [3.05, 3.63) is 53.7 Å². The second kappa shape index (κ2) is 7.13. The van der Waals surface area contributed by atoms with Gasteiger partial charge < -0.3 is 10.1 Å². The number of benzene rings is 1. The van der Waals surface area contributed by atoms with Crippen LogP contribution in [0.4, 0.5) is 16.3 Å². The predicted molar refractivity (Wildman–Crippen MR) is 92.6 cm³/mol. The van der Waals surface area contributed by atoms with E-state index >= 15 is 0 Å². The molecule has 0 saturated heterocycles. The Labute approximate surface area is 137 Å². The smallest absolute Gasteiger partial charge is 0.412 e. The monoisotopic (exact) mass is 313 g/mol. The number of hydrogen-bond donors (Lipinski definition) is 2. The molecule has 0 spiro atoms. The SMILES string of the molecule is Cc1ccccc1CNc1ccc(NC(=O)OC(C)(C)C)cn1. The molecule has 2 rings (SSSR count). The van der Waals surface area contributed by atoms with E-state index < -0.39 is 11.7 Å². The first-order valence-corrected chi connectivity index (χ1v) is 7.58. The lowest BCUT2D eigenvalue weighted by molar-refractivity contribution is 0.0636. The number of aryl methyl sites for hydroxylation is 1. The summed E-state index contributed by atoms with van der Waals surface area (Å²) in [5, 5.41) is 5.92. The van der Waals surface area contributed by atoms with E-state index in [9.17, 15) is 4.79 Å². The highest BCUT2D eigenvalue weighted by molar-refractivity contribution is 5.84. The quantitative estimate of drug-likeness (QED) is 0.881.